The molecule has 0 aromatic heterocycles. The van der Waals surface area contributed by atoms with E-state index < -0.39 is 39.5 Å². The number of sulfonamides is 1. The zero-order valence-corrected chi connectivity index (χ0v) is 15.7. The Kier molecular flexibility index (Phi) is 4.98. The van der Waals surface area contributed by atoms with Gasteiger partial charge in [-0.15, -0.1) is 0 Å². The third-order valence-corrected chi connectivity index (χ3v) is 6.43. The Morgan fingerprint density at radius 3 is 2.46 bits per heavy atom. The van der Waals surface area contributed by atoms with E-state index in [2.05, 4.69) is 5.32 Å². The molecule has 1 unspecified atom stereocenters. The van der Waals surface area contributed by atoms with Crippen LogP contribution in [-0.2, 0) is 21.0 Å². The first-order chi connectivity index (χ1) is 12.9. The Morgan fingerprint density at radius 1 is 1.18 bits per heavy atom. The van der Waals surface area contributed by atoms with E-state index in [1.54, 1.807) is 0 Å². The minimum atomic E-state index is -4.68. The molecule has 11 heteroatoms. The number of nitrogens with zero attached hydrogens (tertiary/aromatic N) is 1. The van der Waals surface area contributed by atoms with Gasteiger partial charge in [0.15, 0.2) is 11.8 Å². The van der Waals surface area contributed by atoms with Crippen LogP contribution in [0.15, 0.2) is 47.4 Å². The Labute approximate surface area is 163 Å². The molecule has 1 N–H and O–H groups in total. The Bertz CT molecular complexity index is 1090. The van der Waals surface area contributed by atoms with E-state index in [1.807, 2.05) is 0 Å². The molecule has 0 bridgehead atoms. The summed E-state index contributed by atoms with van der Waals surface area (Å²) in [6, 6.07) is 5.86. The molecule has 0 aliphatic carbocycles. The lowest BCUT2D eigenvalue weighted by atomic mass is 10.0. The van der Waals surface area contributed by atoms with E-state index >= 15 is 0 Å². The highest BCUT2D eigenvalue weighted by atomic mass is 35.5. The number of likely N-dealkylation sites (N-methyl/N-ethyl adjacent to an activating group) is 1. The van der Waals surface area contributed by atoms with E-state index in [-0.39, 0.29) is 21.2 Å². The molecule has 1 atom stereocenters. The molecule has 148 valence electrons. The predicted octanol–water partition coefficient (Wildman–Crippen LogP) is 3.18. The molecule has 2 aromatic carbocycles. The predicted molar refractivity (Wildman–Crippen MR) is 94.6 cm³/mol. The topological polar surface area (TPSA) is 83.6 Å². The first-order valence-electron chi connectivity index (χ1n) is 7.73. The normalized spacial score (nSPS) is 19.2. The number of fused-ring (bicyclic) bond motifs is 1. The Hall–Kier alpha value is -2.43. The van der Waals surface area contributed by atoms with Crippen molar-refractivity contribution in [1.82, 2.24) is 4.31 Å². The van der Waals surface area contributed by atoms with Crippen LogP contribution in [0, 0.1) is 0 Å². The van der Waals surface area contributed by atoms with Crippen LogP contribution in [0.2, 0.25) is 5.02 Å². The molecule has 1 heterocycles. The number of hydrogen-bond acceptors (Lipinski definition) is 4. The van der Waals surface area contributed by atoms with Crippen LogP contribution in [0.3, 0.4) is 0 Å². The molecule has 0 fully saturated rings. The molecule has 0 saturated heterocycles. The molecule has 1 amide bonds. The molecular formula is C17H12ClF3N2O4S. The number of Topliss-reactive ketones (excluding diaryl/α,β-unsaturated/α-hetero) is 1. The van der Waals surface area contributed by atoms with Gasteiger partial charge in [0.2, 0.25) is 10.0 Å². The molecule has 3 rings (SSSR count). The Morgan fingerprint density at radius 2 is 1.82 bits per heavy atom. The monoisotopic (exact) mass is 432 g/mol. The molecule has 0 saturated carbocycles. The summed E-state index contributed by atoms with van der Waals surface area (Å²) < 4.78 is 64.4. The molecular weight excluding hydrogens is 421 g/mol. The van der Waals surface area contributed by atoms with E-state index in [0.717, 1.165) is 19.2 Å². The standard InChI is InChI=1S/C17H12ClF3N2O4S/c1-23-14(15(24)10-4-2-3-5-13(10)28(23,26)27)16(25)22-12-8-9(17(19,20)21)6-7-11(12)18/h2-8,14H,1H3,(H,22,25). The van der Waals surface area contributed by atoms with Crippen LogP contribution in [0.5, 0.6) is 0 Å². The van der Waals surface area contributed by atoms with Gasteiger partial charge in [0, 0.05) is 12.6 Å². The average molecular weight is 433 g/mol. The fourth-order valence-corrected chi connectivity index (χ4v) is 4.43. The SMILES string of the molecule is CN1C(C(=O)Nc2cc(C(F)(F)F)ccc2Cl)C(=O)c2ccccc2S1(=O)=O. The summed E-state index contributed by atoms with van der Waals surface area (Å²) in [6.45, 7) is 0. The largest absolute Gasteiger partial charge is 0.416 e. The van der Waals surface area contributed by atoms with Gasteiger partial charge in [-0.1, -0.05) is 23.7 Å². The van der Waals surface area contributed by atoms with Crippen molar-refractivity contribution < 1.29 is 31.2 Å². The summed E-state index contributed by atoms with van der Waals surface area (Å²) in [7, 11) is -3.10. The van der Waals surface area contributed by atoms with Gasteiger partial charge in [-0.05, 0) is 30.3 Å². The summed E-state index contributed by atoms with van der Waals surface area (Å²) in [6.07, 6.45) is -4.68. The van der Waals surface area contributed by atoms with Gasteiger partial charge in [-0.25, -0.2) is 8.42 Å². The fourth-order valence-electron chi connectivity index (χ4n) is 2.78. The minimum Gasteiger partial charge on any atom is -0.323 e. The maximum atomic E-state index is 12.9. The van der Waals surface area contributed by atoms with Gasteiger partial charge >= 0.3 is 6.18 Å². The van der Waals surface area contributed by atoms with E-state index in [9.17, 15) is 31.2 Å². The number of amides is 1. The highest BCUT2D eigenvalue weighted by Crippen LogP contribution is 2.34. The van der Waals surface area contributed by atoms with Crippen LogP contribution in [-0.4, -0.2) is 37.5 Å². The third kappa shape index (κ3) is 3.38. The molecule has 1 aliphatic heterocycles. The highest BCUT2D eigenvalue weighted by molar-refractivity contribution is 7.89. The number of carbonyl (C=O) groups is 2. The van der Waals surface area contributed by atoms with Gasteiger partial charge in [-0.3, -0.25) is 9.59 Å². The van der Waals surface area contributed by atoms with Crippen molar-refractivity contribution in [2.45, 2.75) is 17.1 Å². The number of nitrogens with one attached hydrogen (secondary N) is 1. The lowest BCUT2D eigenvalue weighted by Gasteiger charge is -2.31. The van der Waals surface area contributed by atoms with Gasteiger partial charge < -0.3 is 5.32 Å². The smallest absolute Gasteiger partial charge is 0.323 e. The van der Waals surface area contributed by atoms with Crippen molar-refractivity contribution in [1.29, 1.82) is 0 Å². The number of carbonyl (C=O) groups excluding carboxylic acids is 2. The highest BCUT2D eigenvalue weighted by Gasteiger charge is 2.45. The second kappa shape index (κ2) is 6.87. The number of anilines is 1. The summed E-state index contributed by atoms with van der Waals surface area (Å²) in [5.74, 6) is -1.92. The zero-order valence-electron chi connectivity index (χ0n) is 14.1. The maximum Gasteiger partial charge on any atom is 0.416 e. The molecule has 28 heavy (non-hydrogen) atoms. The fraction of sp³-hybridized carbons (Fsp3) is 0.176. The maximum absolute atomic E-state index is 12.9. The number of rotatable bonds is 2. The molecule has 1 aliphatic rings. The van der Waals surface area contributed by atoms with Crippen molar-refractivity contribution in [3.05, 3.63) is 58.6 Å². The average Bonchev–Trinajstić information content (AvgIpc) is 2.61. The summed E-state index contributed by atoms with van der Waals surface area (Å²) in [5.41, 5.74) is -1.62. The number of hydrogen-bond donors (Lipinski definition) is 1. The van der Waals surface area contributed by atoms with Crippen molar-refractivity contribution in [2.75, 3.05) is 12.4 Å². The van der Waals surface area contributed by atoms with E-state index in [4.69, 9.17) is 11.6 Å². The van der Waals surface area contributed by atoms with Gasteiger partial charge in [0.05, 0.1) is 21.2 Å². The number of ketones is 1. The van der Waals surface area contributed by atoms with Crippen LogP contribution >= 0.6 is 11.6 Å². The second-order valence-electron chi connectivity index (χ2n) is 5.97. The van der Waals surface area contributed by atoms with Gasteiger partial charge in [0.25, 0.3) is 5.91 Å². The van der Waals surface area contributed by atoms with Crippen LogP contribution in [0.25, 0.3) is 0 Å². The molecule has 2 aromatic rings. The summed E-state index contributed by atoms with van der Waals surface area (Å²) in [4.78, 5) is 25.1. The summed E-state index contributed by atoms with van der Waals surface area (Å²) in [5, 5.41) is 1.93. The van der Waals surface area contributed by atoms with Gasteiger partial charge in [0.1, 0.15) is 0 Å². The van der Waals surface area contributed by atoms with Crippen molar-refractivity contribution >= 4 is 39.0 Å². The van der Waals surface area contributed by atoms with Crippen molar-refractivity contribution in [2.24, 2.45) is 0 Å². The van der Waals surface area contributed by atoms with E-state index in [0.29, 0.717) is 10.4 Å². The van der Waals surface area contributed by atoms with Crippen molar-refractivity contribution in [3.63, 3.8) is 0 Å². The number of alkyl halides is 3. The zero-order chi connectivity index (χ0) is 20.9. The van der Waals surface area contributed by atoms with Crippen LogP contribution in [0.1, 0.15) is 15.9 Å². The first-order valence-corrected chi connectivity index (χ1v) is 9.55. The lowest BCUT2D eigenvalue weighted by molar-refractivity contribution is -0.137. The van der Waals surface area contributed by atoms with Gasteiger partial charge in [-0.2, -0.15) is 17.5 Å². The van der Waals surface area contributed by atoms with E-state index in [1.165, 1.54) is 24.3 Å². The van der Waals surface area contributed by atoms with Crippen LogP contribution < -0.4 is 5.32 Å². The second-order valence-corrected chi connectivity index (χ2v) is 8.34. The molecule has 0 radical (unpaired) electrons. The van der Waals surface area contributed by atoms with Crippen molar-refractivity contribution in [3.8, 4) is 0 Å². The first kappa shape index (κ1) is 20.3. The lowest BCUT2D eigenvalue weighted by Crippen LogP contribution is -2.53. The quantitative estimate of drug-likeness (QED) is 0.739. The minimum absolute atomic E-state index is 0.170. The van der Waals surface area contributed by atoms with Crippen LogP contribution in [0.4, 0.5) is 18.9 Å². The number of halogens is 4. The molecule has 0 spiro atoms. The Balaban J connectivity index is 1.99. The number of benzene rings is 2. The third-order valence-electron chi connectivity index (χ3n) is 4.22. The summed E-state index contributed by atoms with van der Waals surface area (Å²) >= 11 is 5.84. The molecule has 6 nitrogen and oxygen atoms in total.